The normalized spacial score (nSPS) is 19.6. The van der Waals surface area contributed by atoms with Crippen LogP contribution >= 0.6 is 58.6 Å². The van der Waals surface area contributed by atoms with Crippen LogP contribution in [0.5, 0.6) is 0 Å². The number of carbonyl (C=O) groups is 2. The number of aromatic nitrogens is 1. The summed E-state index contributed by atoms with van der Waals surface area (Å²) < 4.78 is 6.14. The molecule has 2 N–H and O–H groups in total. The molecule has 2 atom stereocenters. The molecule has 11 heteroatoms. The number of hydrogen-bond donors (Lipinski definition) is 2. The summed E-state index contributed by atoms with van der Waals surface area (Å²) in [7, 11) is 0. The fourth-order valence-corrected chi connectivity index (χ4v) is 7.19. The molecule has 1 aliphatic carbocycles. The molecule has 1 saturated heterocycles. The van der Waals surface area contributed by atoms with Crippen LogP contribution in [-0.2, 0) is 9.59 Å². The Labute approximate surface area is 289 Å². The van der Waals surface area contributed by atoms with Crippen molar-refractivity contribution in [2.45, 2.75) is 11.8 Å². The average Bonchev–Trinajstić information content (AvgIpc) is 3.47. The molecule has 2 unspecified atom stereocenters. The lowest BCUT2D eigenvalue weighted by molar-refractivity contribution is -0.145. The van der Waals surface area contributed by atoms with Gasteiger partial charge in [-0.25, -0.2) is 0 Å². The zero-order valence-electron chi connectivity index (χ0n) is 23.6. The average molecular weight is 705 g/mol. The quantitative estimate of drug-likeness (QED) is 0.144. The second-order valence-corrected chi connectivity index (χ2v) is 13.2. The van der Waals surface area contributed by atoms with E-state index in [9.17, 15) is 9.59 Å². The summed E-state index contributed by atoms with van der Waals surface area (Å²) in [5, 5.41) is 12.2. The van der Waals surface area contributed by atoms with Crippen LogP contribution in [0.15, 0.2) is 102 Å². The van der Waals surface area contributed by atoms with E-state index in [0.29, 0.717) is 59.4 Å². The van der Waals surface area contributed by atoms with Crippen molar-refractivity contribution in [3.8, 4) is 11.3 Å². The number of halogens is 4. The lowest BCUT2D eigenvalue weighted by atomic mass is 9.52. The van der Waals surface area contributed by atoms with Gasteiger partial charge in [0, 0.05) is 43.1 Å². The minimum atomic E-state index is -1.83. The maximum atomic E-state index is 14.7. The first-order valence-electron chi connectivity index (χ1n) is 14.1. The molecule has 5 aromatic rings. The van der Waals surface area contributed by atoms with Crippen molar-refractivity contribution < 1.29 is 14.1 Å². The van der Waals surface area contributed by atoms with Gasteiger partial charge in [0.2, 0.25) is 11.8 Å². The summed E-state index contributed by atoms with van der Waals surface area (Å²) in [6.45, 7) is 0. The van der Waals surface area contributed by atoms with E-state index in [4.69, 9.17) is 63.1 Å². The van der Waals surface area contributed by atoms with E-state index in [-0.39, 0.29) is 5.11 Å². The Morgan fingerprint density at radius 2 is 1.13 bits per heavy atom. The van der Waals surface area contributed by atoms with Crippen LogP contribution in [0.4, 0.5) is 0 Å². The van der Waals surface area contributed by atoms with Crippen molar-refractivity contribution in [1.82, 2.24) is 15.8 Å². The Morgan fingerprint density at radius 1 is 0.674 bits per heavy atom. The highest BCUT2D eigenvalue weighted by atomic mass is 35.5. The second kappa shape index (κ2) is 12.0. The van der Waals surface area contributed by atoms with E-state index in [1.807, 2.05) is 30.3 Å². The second-order valence-electron chi connectivity index (χ2n) is 11.0. The number of nitrogens with zero attached hydrogens (tertiary/aromatic N) is 1. The van der Waals surface area contributed by atoms with Crippen LogP contribution in [0, 0.1) is 5.41 Å². The van der Waals surface area contributed by atoms with Gasteiger partial charge in [0.1, 0.15) is 5.69 Å². The summed E-state index contributed by atoms with van der Waals surface area (Å²) >= 11 is 30.5. The SMILES string of the molecule is O=C1NC(=S)NC(=O)C12C(c1ccc(Cl)cc1)/C(=C/c1ccc(Cl)cc1)c1noc(-c3ccc(Cl)cc3)c1C2c1ccc(Cl)cc1. The van der Waals surface area contributed by atoms with E-state index < -0.39 is 29.1 Å². The van der Waals surface area contributed by atoms with Crippen molar-refractivity contribution in [2.24, 2.45) is 5.41 Å². The van der Waals surface area contributed by atoms with Gasteiger partial charge in [-0.15, -0.1) is 0 Å². The Morgan fingerprint density at radius 3 is 1.65 bits per heavy atom. The van der Waals surface area contributed by atoms with Gasteiger partial charge in [-0.3, -0.25) is 9.59 Å². The molecule has 2 amide bonds. The minimum absolute atomic E-state index is 0.0809. The zero-order valence-corrected chi connectivity index (χ0v) is 27.4. The van der Waals surface area contributed by atoms with Gasteiger partial charge < -0.3 is 15.2 Å². The molecule has 2 aliphatic rings. The fraction of sp³-hybridized carbons (Fsp3) is 0.0857. The first-order chi connectivity index (χ1) is 22.2. The molecule has 228 valence electrons. The van der Waals surface area contributed by atoms with E-state index in [0.717, 1.165) is 5.56 Å². The van der Waals surface area contributed by atoms with Crippen LogP contribution in [0.1, 0.15) is 39.8 Å². The van der Waals surface area contributed by atoms with Gasteiger partial charge in [-0.2, -0.15) is 0 Å². The number of rotatable bonds is 4. The number of allylic oxidation sites excluding steroid dienone is 1. The summed E-state index contributed by atoms with van der Waals surface area (Å²) in [4.78, 5) is 29.5. The molecule has 46 heavy (non-hydrogen) atoms. The summed E-state index contributed by atoms with van der Waals surface area (Å²) in [5.41, 5.74) is 2.51. The molecule has 2 heterocycles. The Bertz CT molecular complexity index is 2020. The van der Waals surface area contributed by atoms with Crippen LogP contribution in [0.3, 0.4) is 0 Å². The predicted molar refractivity (Wildman–Crippen MR) is 185 cm³/mol. The van der Waals surface area contributed by atoms with Crippen molar-refractivity contribution in [3.63, 3.8) is 0 Å². The van der Waals surface area contributed by atoms with Crippen LogP contribution < -0.4 is 10.6 Å². The van der Waals surface area contributed by atoms with Crippen LogP contribution in [0.2, 0.25) is 20.1 Å². The van der Waals surface area contributed by atoms with Crippen molar-refractivity contribution >= 4 is 87.2 Å². The van der Waals surface area contributed by atoms with Crippen molar-refractivity contribution in [2.75, 3.05) is 0 Å². The third-order valence-electron chi connectivity index (χ3n) is 8.42. The molecule has 1 fully saturated rings. The largest absolute Gasteiger partial charge is 0.355 e. The van der Waals surface area contributed by atoms with E-state index in [1.54, 1.807) is 72.8 Å². The van der Waals surface area contributed by atoms with Crippen molar-refractivity contribution in [1.29, 1.82) is 0 Å². The molecule has 7 rings (SSSR count). The maximum Gasteiger partial charge on any atom is 0.243 e. The maximum absolute atomic E-state index is 14.7. The van der Waals surface area contributed by atoms with Gasteiger partial charge in [0.25, 0.3) is 0 Å². The first kappa shape index (κ1) is 30.7. The van der Waals surface area contributed by atoms with E-state index in [2.05, 4.69) is 15.8 Å². The molecule has 4 aromatic carbocycles. The number of carbonyl (C=O) groups excluding carboxylic acids is 2. The highest BCUT2D eigenvalue weighted by molar-refractivity contribution is 7.80. The first-order valence-corrected chi connectivity index (χ1v) is 16.0. The third-order valence-corrected chi connectivity index (χ3v) is 9.63. The number of amides is 2. The smallest absolute Gasteiger partial charge is 0.243 e. The van der Waals surface area contributed by atoms with Crippen molar-refractivity contribution in [3.05, 3.63) is 145 Å². The van der Waals surface area contributed by atoms with Crippen LogP contribution in [-0.4, -0.2) is 22.1 Å². The molecule has 1 spiro atoms. The molecule has 0 bridgehead atoms. The molecule has 0 radical (unpaired) electrons. The van der Waals surface area contributed by atoms with E-state index in [1.165, 1.54) is 0 Å². The van der Waals surface area contributed by atoms with Gasteiger partial charge in [0.05, 0.1) is 0 Å². The molecular formula is C35H21Cl4N3O3S. The molecule has 1 aliphatic heterocycles. The number of thiocarbonyl (C=S) groups is 1. The van der Waals surface area contributed by atoms with Gasteiger partial charge in [0.15, 0.2) is 16.3 Å². The lowest BCUT2D eigenvalue weighted by Gasteiger charge is -2.49. The Hall–Kier alpha value is -3.98. The molecule has 1 aromatic heterocycles. The summed E-state index contributed by atoms with van der Waals surface area (Å²) in [6, 6.07) is 28.4. The predicted octanol–water partition coefficient (Wildman–Crippen LogP) is 8.94. The lowest BCUT2D eigenvalue weighted by Crippen LogP contribution is -2.67. The molecule has 6 nitrogen and oxygen atoms in total. The standard InChI is InChI=1S/C35H21Cl4N3O3S/c36-22-9-1-18(2-10-22)17-26-28(19-3-11-23(37)12-4-19)35(32(43)40-34(46)41-33(35)44)29(20-5-13-24(38)14-6-20)27-30(26)42-45-31(27)21-7-15-25(39)16-8-21/h1-17,28-29H,(H2,40,41,43,44,46)/b26-17-. The van der Waals surface area contributed by atoms with Gasteiger partial charge in [-0.1, -0.05) is 88.0 Å². The Balaban J connectivity index is 1.64. The van der Waals surface area contributed by atoms with Gasteiger partial charge in [-0.05, 0) is 101 Å². The number of hydrogen-bond acceptors (Lipinski definition) is 5. The summed E-state index contributed by atoms with van der Waals surface area (Å²) in [5.74, 6) is -2.56. The molecular weight excluding hydrogens is 684 g/mol. The van der Waals surface area contributed by atoms with Crippen LogP contribution in [0.25, 0.3) is 23.0 Å². The monoisotopic (exact) mass is 703 g/mol. The zero-order chi connectivity index (χ0) is 32.2. The topological polar surface area (TPSA) is 84.2 Å². The highest BCUT2D eigenvalue weighted by Crippen LogP contribution is 2.63. The Kier molecular flexibility index (Phi) is 7.99. The van der Waals surface area contributed by atoms with E-state index >= 15 is 0 Å². The minimum Gasteiger partial charge on any atom is -0.355 e. The molecule has 0 saturated carbocycles. The number of fused-ring (bicyclic) bond motifs is 1. The summed E-state index contributed by atoms with van der Waals surface area (Å²) in [6.07, 6.45) is 1.90. The highest BCUT2D eigenvalue weighted by Gasteiger charge is 2.66. The fourth-order valence-electron chi connectivity index (χ4n) is 6.50. The third kappa shape index (κ3) is 5.13. The van der Waals surface area contributed by atoms with Gasteiger partial charge >= 0.3 is 0 Å². The number of nitrogens with one attached hydrogen (secondary N) is 2. The number of benzene rings is 4.